The van der Waals surface area contributed by atoms with Crippen LogP contribution in [-0.4, -0.2) is 22.5 Å². The Morgan fingerprint density at radius 2 is 2.05 bits per heavy atom. The second-order valence-corrected chi connectivity index (χ2v) is 4.84. The lowest BCUT2D eigenvalue weighted by atomic mass is 10.1. The Morgan fingerprint density at radius 3 is 2.73 bits per heavy atom. The molecule has 7 heteroatoms. The first-order valence-corrected chi connectivity index (χ1v) is 6.92. The number of amides is 2. The van der Waals surface area contributed by atoms with E-state index >= 15 is 0 Å². The maximum Gasteiger partial charge on any atom is 0.315 e. The van der Waals surface area contributed by atoms with E-state index in [0.717, 1.165) is 5.56 Å². The highest BCUT2D eigenvalue weighted by molar-refractivity contribution is 5.74. The van der Waals surface area contributed by atoms with Gasteiger partial charge in [0.25, 0.3) is 0 Å². The molecule has 0 spiro atoms. The van der Waals surface area contributed by atoms with Crippen molar-refractivity contribution in [2.75, 3.05) is 12.3 Å². The SMILES string of the molecule is CC(NC(=O)NCCc1ccc(F)cc1)c1nccc(N)n1. The number of nitrogens with zero attached hydrogens (tertiary/aromatic N) is 2. The van der Waals surface area contributed by atoms with Crippen LogP contribution in [0.5, 0.6) is 0 Å². The normalized spacial score (nSPS) is 11.7. The first-order chi connectivity index (χ1) is 10.5. The summed E-state index contributed by atoms with van der Waals surface area (Å²) >= 11 is 0. The number of hydrogen-bond acceptors (Lipinski definition) is 4. The molecule has 0 aliphatic heterocycles. The molecule has 0 saturated heterocycles. The molecule has 4 N–H and O–H groups in total. The van der Waals surface area contributed by atoms with Gasteiger partial charge in [-0.1, -0.05) is 12.1 Å². The lowest BCUT2D eigenvalue weighted by molar-refractivity contribution is 0.237. The van der Waals surface area contributed by atoms with Gasteiger partial charge in [0.05, 0.1) is 6.04 Å². The smallest absolute Gasteiger partial charge is 0.315 e. The number of benzene rings is 1. The van der Waals surface area contributed by atoms with E-state index in [1.807, 2.05) is 0 Å². The van der Waals surface area contributed by atoms with Gasteiger partial charge >= 0.3 is 6.03 Å². The minimum Gasteiger partial charge on any atom is -0.384 e. The van der Waals surface area contributed by atoms with Crippen LogP contribution in [0.1, 0.15) is 24.4 Å². The molecule has 0 fully saturated rings. The third-order valence-electron chi connectivity index (χ3n) is 3.04. The summed E-state index contributed by atoms with van der Waals surface area (Å²) in [5.74, 6) is 0.537. The average molecular weight is 303 g/mol. The first kappa shape index (κ1) is 15.7. The fraction of sp³-hybridized carbons (Fsp3) is 0.267. The molecule has 1 aromatic heterocycles. The van der Waals surface area contributed by atoms with Crippen molar-refractivity contribution in [2.24, 2.45) is 0 Å². The molecule has 0 bridgehead atoms. The molecule has 116 valence electrons. The van der Waals surface area contributed by atoms with Gasteiger partial charge in [0.15, 0.2) is 5.82 Å². The monoisotopic (exact) mass is 303 g/mol. The predicted molar refractivity (Wildman–Crippen MR) is 81.5 cm³/mol. The van der Waals surface area contributed by atoms with E-state index in [1.165, 1.54) is 12.1 Å². The van der Waals surface area contributed by atoms with Crippen LogP contribution in [0.15, 0.2) is 36.5 Å². The predicted octanol–water partition coefficient (Wildman–Crippen LogP) is 1.80. The van der Waals surface area contributed by atoms with Crippen molar-refractivity contribution in [1.29, 1.82) is 0 Å². The molecule has 0 aliphatic carbocycles. The zero-order valence-electron chi connectivity index (χ0n) is 12.2. The molecule has 0 radical (unpaired) electrons. The number of nitrogens with two attached hydrogens (primary N) is 1. The molecule has 2 aromatic rings. The molecule has 6 nitrogen and oxygen atoms in total. The van der Waals surface area contributed by atoms with Crippen LogP contribution in [-0.2, 0) is 6.42 Å². The Labute approximate surface area is 128 Å². The van der Waals surface area contributed by atoms with Crippen LogP contribution in [0.2, 0.25) is 0 Å². The summed E-state index contributed by atoms with van der Waals surface area (Å²) in [6, 6.07) is 7.09. The Balaban J connectivity index is 1.76. The molecule has 2 rings (SSSR count). The fourth-order valence-corrected chi connectivity index (χ4v) is 1.88. The topological polar surface area (TPSA) is 92.9 Å². The first-order valence-electron chi connectivity index (χ1n) is 6.92. The molecule has 1 heterocycles. The molecular formula is C15H18FN5O. The van der Waals surface area contributed by atoms with Crippen LogP contribution in [0.25, 0.3) is 0 Å². The van der Waals surface area contributed by atoms with E-state index in [9.17, 15) is 9.18 Å². The second-order valence-electron chi connectivity index (χ2n) is 4.84. The van der Waals surface area contributed by atoms with Crippen LogP contribution >= 0.6 is 0 Å². The van der Waals surface area contributed by atoms with Gasteiger partial charge in [-0.2, -0.15) is 0 Å². The highest BCUT2D eigenvalue weighted by atomic mass is 19.1. The van der Waals surface area contributed by atoms with Gasteiger partial charge in [-0.15, -0.1) is 0 Å². The second kappa shape index (κ2) is 7.35. The molecule has 1 aromatic carbocycles. The number of anilines is 1. The molecule has 1 atom stereocenters. The lowest BCUT2D eigenvalue weighted by Gasteiger charge is -2.13. The van der Waals surface area contributed by atoms with Gasteiger partial charge in [-0.3, -0.25) is 0 Å². The molecular weight excluding hydrogens is 285 g/mol. The van der Waals surface area contributed by atoms with Crippen molar-refractivity contribution < 1.29 is 9.18 Å². The quantitative estimate of drug-likeness (QED) is 0.785. The highest BCUT2D eigenvalue weighted by Crippen LogP contribution is 2.07. The number of carbonyl (C=O) groups excluding carboxylic acids is 1. The summed E-state index contributed by atoms with van der Waals surface area (Å²) < 4.78 is 12.8. The molecule has 0 saturated carbocycles. The van der Waals surface area contributed by atoms with E-state index < -0.39 is 0 Å². The maximum absolute atomic E-state index is 12.8. The summed E-state index contributed by atoms with van der Waals surface area (Å²) in [5, 5.41) is 5.46. The Hall–Kier alpha value is -2.70. The maximum atomic E-state index is 12.8. The standard InChI is InChI=1S/C15H18FN5O/c1-10(14-18-9-7-13(17)21-14)20-15(22)19-8-6-11-2-4-12(16)5-3-11/h2-5,7,9-10H,6,8H2,1H3,(H2,17,18,21)(H2,19,20,22). The van der Waals surface area contributed by atoms with Crippen molar-refractivity contribution in [3.8, 4) is 0 Å². The summed E-state index contributed by atoms with van der Waals surface area (Å²) in [4.78, 5) is 19.9. The average Bonchev–Trinajstić information content (AvgIpc) is 2.49. The van der Waals surface area contributed by atoms with Crippen LogP contribution in [0.4, 0.5) is 15.0 Å². The molecule has 2 amide bonds. The summed E-state index contributed by atoms with van der Waals surface area (Å²) in [7, 11) is 0. The van der Waals surface area contributed by atoms with Crippen molar-refractivity contribution in [1.82, 2.24) is 20.6 Å². The van der Waals surface area contributed by atoms with E-state index in [2.05, 4.69) is 20.6 Å². The van der Waals surface area contributed by atoms with E-state index in [0.29, 0.717) is 24.6 Å². The summed E-state index contributed by atoms with van der Waals surface area (Å²) in [6.45, 7) is 2.22. The summed E-state index contributed by atoms with van der Waals surface area (Å²) in [5.41, 5.74) is 6.53. The fourth-order valence-electron chi connectivity index (χ4n) is 1.88. The Bertz CT molecular complexity index is 632. The van der Waals surface area contributed by atoms with Gasteiger partial charge in [0.2, 0.25) is 0 Å². The van der Waals surface area contributed by atoms with Crippen LogP contribution in [0.3, 0.4) is 0 Å². The zero-order chi connectivity index (χ0) is 15.9. The van der Waals surface area contributed by atoms with Crippen molar-refractivity contribution in [3.05, 3.63) is 53.7 Å². The molecule has 0 aliphatic rings. The number of hydrogen-bond donors (Lipinski definition) is 3. The van der Waals surface area contributed by atoms with Gasteiger partial charge in [-0.05, 0) is 37.1 Å². The van der Waals surface area contributed by atoms with E-state index in [4.69, 9.17) is 5.73 Å². The minimum atomic E-state index is -0.352. The molecule has 1 unspecified atom stereocenters. The van der Waals surface area contributed by atoms with E-state index in [-0.39, 0.29) is 17.9 Å². The molecule has 22 heavy (non-hydrogen) atoms. The van der Waals surface area contributed by atoms with Crippen molar-refractivity contribution >= 4 is 11.8 Å². The van der Waals surface area contributed by atoms with Crippen molar-refractivity contribution in [3.63, 3.8) is 0 Å². The van der Waals surface area contributed by atoms with Gasteiger partial charge in [0.1, 0.15) is 11.6 Å². The Morgan fingerprint density at radius 1 is 1.32 bits per heavy atom. The third kappa shape index (κ3) is 4.69. The number of rotatable bonds is 5. The highest BCUT2D eigenvalue weighted by Gasteiger charge is 2.11. The number of urea groups is 1. The van der Waals surface area contributed by atoms with Gasteiger partial charge < -0.3 is 16.4 Å². The number of carbonyl (C=O) groups is 1. The van der Waals surface area contributed by atoms with E-state index in [1.54, 1.807) is 31.3 Å². The number of nitrogens with one attached hydrogen (secondary N) is 2. The number of halogens is 1. The Kier molecular flexibility index (Phi) is 5.24. The minimum absolute atomic E-state index is 0.273. The van der Waals surface area contributed by atoms with Gasteiger partial charge in [0, 0.05) is 12.7 Å². The van der Waals surface area contributed by atoms with Crippen LogP contribution < -0.4 is 16.4 Å². The summed E-state index contributed by atoms with van der Waals surface area (Å²) in [6.07, 6.45) is 2.17. The van der Waals surface area contributed by atoms with Crippen molar-refractivity contribution in [2.45, 2.75) is 19.4 Å². The van der Waals surface area contributed by atoms with Gasteiger partial charge in [-0.25, -0.2) is 19.2 Å². The largest absolute Gasteiger partial charge is 0.384 e. The number of aromatic nitrogens is 2. The lowest BCUT2D eigenvalue weighted by Crippen LogP contribution is -2.38. The number of nitrogen functional groups attached to an aromatic ring is 1. The zero-order valence-corrected chi connectivity index (χ0v) is 12.2. The third-order valence-corrected chi connectivity index (χ3v) is 3.04. The van der Waals surface area contributed by atoms with Crippen LogP contribution in [0, 0.1) is 5.82 Å².